The summed E-state index contributed by atoms with van der Waals surface area (Å²) in [6.45, 7) is 0. The lowest BCUT2D eigenvalue weighted by molar-refractivity contribution is 0.0997. The summed E-state index contributed by atoms with van der Waals surface area (Å²) in [4.78, 5) is 17.0. The fraction of sp³-hybridized carbons (Fsp3) is 0.0909. The van der Waals surface area contributed by atoms with Gasteiger partial charge >= 0.3 is 0 Å². The number of amides is 1. The topological polar surface area (TPSA) is 73.6 Å². The Bertz CT molecular complexity index is 1180. The van der Waals surface area contributed by atoms with Gasteiger partial charge < -0.3 is 13.9 Å². The highest BCUT2D eigenvalue weighted by molar-refractivity contribution is 7.14. The number of carbonyl (C=O) groups excluding carboxylic acids is 1. The second kappa shape index (κ2) is 8.38. The molecule has 0 saturated heterocycles. The average Bonchev–Trinajstić information content (AvgIpc) is 3.44. The van der Waals surface area contributed by atoms with Crippen LogP contribution in [0.3, 0.4) is 0 Å². The van der Waals surface area contributed by atoms with Gasteiger partial charge in [0, 0.05) is 16.5 Å². The van der Waals surface area contributed by atoms with Crippen molar-refractivity contribution < 1.29 is 23.1 Å². The Balaban J connectivity index is 1.52. The molecule has 0 radical (unpaired) electrons. The molecular formula is C22H17FN2O4S. The summed E-state index contributed by atoms with van der Waals surface area (Å²) < 4.78 is 29.3. The Hall–Kier alpha value is -3.65. The minimum absolute atomic E-state index is 0.130. The Morgan fingerprint density at radius 2 is 1.87 bits per heavy atom. The molecule has 30 heavy (non-hydrogen) atoms. The molecule has 6 nitrogen and oxygen atoms in total. The van der Waals surface area contributed by atoms with Crippen LogP contribution in [0, 0.1) is 5.82 Å². The van der Waals surface area contributed by atoms with Gasteiger partial charge in [0.2, 0.25) is 0 Å². The summed E-state index contributed by atoms with van der Waals surface area (Å²) in [5.74, 6) is 1.16. The zero-order valence-electron chi connectivity index (χ0n) is 16.1. The van der Waals surface area contributed by atoms with Gasteiger partial charge in [-0.3, -0.25) is 10.1 Å². The van der Waals surface area contributed by atoms with Gasteiger partial charge in [0.1, 0.15) is 23.1 Å². The summed E-state index contributed by atoms with van der Waals surface area (Å²) in [5.41, 5.74) is 2.08. The number of ether oxygens (including phenoxy) is 2. The number of halogens is 1. The van der Waals surface area contributed by atoms with E-state index in [9.17, 15) is 9.18 Å². The first-order chi connectivity index (χ1) is 14.6. The maximum atomic E-state index is 13.1. The molecule has 152 valence electrons. The van der Waals surface area contributed by atoms with Gasteiger partial charge in [0.05, 0.1) is 19.9 Å². The van der Waals surface area contributed by atoms with Gasteiger partial charge in [-0.1, -0.05) is 0 Å². The number of hydrogen-bond acceptors (Lipinski definition) is 6. The summed E-state index contributed by atoms with van der Waals surface area (Å²) in [6.07, 6.45) is 0. The van der Waals surface area contributed by atoms with Crippen LogP contribution in [0.5, 0.6) is 11.5 Å². The predicted octanol–water partition coefficient (Wildman–Crippen LogP) is 5.48. The molecule has 0 aliphatic heterocycles. The van der Waals surface area contributed by atoms with Gasteiger partial charge in [-0.25, -0.2) is 9.37 Å². The van der Waals surface area contributed by atoms with Crippen molar-refractivity contribution in [2.45, 2.75) is 0 Å². The summed E-state index contributed by atoms with van der Waals surface area (Å²) in [5, 5.41) is 4.97. The van der Waals surface area contributed by atoms with Crippen molar-refractivity contribution in [2.24, 2.45) is 0 Å². The quantitative estimate of drug-likeness (QED) is 0.444. The molecule has 2 aromatic heterocycles. The van der Waals surface area contributed by atoms with Gasteiger partial charge in [-0.15, -0.1) is 11.3 Å². The zero-order chi connectivity index (χ0) is 21.1. The molecule has 0 bridgehead atoms. The Morgan fingerprint density at radius 1 is 1.07 bits per heavy atom. The van der Waals surface area contributed by atoms with Crippen LogP contribution < -0.4 is 14.8 Å². The monoisotopic (exact) mass is 424 g/mol. The second-order valence-corrected chi connectivity index (χ2v) is 7.09. The minimum Gasteiger partial charge on any atom is -0.497 e. The van der Waals surface area contributed by atoms with Crippen LogP contribution in [-0.4, -0.2) is 25.1 Å². The first-order valence-corrected chi connectivity index (χ1v) is 9.80. The standard InChI is InChI=1S/C22H17FN2O4S/c1-27-15-7-8-19(28-2)16(11-15)17-12-30-22(24-17)25-21(26)20-10-9-18(29-20)13-3-5-14(23)6-4-13/h3-12H,1-2H3,(H,24,25,26). The number of nitrogens with zero attached hydrogens (tertiary/aromatic N) is 1. The Labute approximate surface area is 175 Å². The van der Waals surface area contributed by atoms with E-state index < -0.39 is 5.91 Å². The summed E-state index contributed by atoms with van der Waals surface area (Å²) in [7, 11) is 3.16. The number of hydrogen-bond donors (Lipinski definition) is 1. The molecule has 2 aromatic carbocycles. The molecule has 0 atom stereocenters. The Kier molecular flexibility index (Phi) is 5.49. The van der Waals surface area contributed by atoms with Crippen molar-refractivity contribution in [1.82, 2.24) is 4.98 Å². The van der Waals surface area contributed by atoms with Crippen LogP contribution in [0.25, 0.3) is 22.6 Å². The van der Waals surface area contributed by atoms with E-state index in [4.69, 9.17) is 13.9 Å². The van der Waals surface area contributed by atoms with E-state index in [-0.39, 0.29) is 11.6 Å². The molecule has 8 heteroatoms. The lowest BCUT2D eigenvalue weighted by Gasteiger charge is -2.08. The van der Waals surface area contributed by atoms with E-state index in [0.29, 0.717) is 33.6 Å². The molecule has 0 unspecified atom stereocenters. The lowest BCUT2D eigenvalue weighted by atomic mass is 10.1. The van der Waals surface area contributed by atoms with Crippen LogP contribution in [0.4, 0.5) is 9.52 Å². The number of carbonyl (C=O) groups is 1. The van der Waals surface area contributed by atoms with E-state index in [1.165, 1.54) is 23.5 Å². The molecule has 1 N–H and O–H groups in total. The second-order valence-electron chi connectivity index (χ2n) is 6.23. The number of nitrogens with one attached hydrogen (secondary N) is 1. The molecular weight excluding hydrogens is 407 g/mol. The van der Waals surface area contributed by atoms with Crippen molar-refractivity contribution in [3.05, 3.63) is 71.6 Å². The van der Waals surface area contributed by atoms with Crippen LogP contribution in [0.1, 0.15) is 10.6 Å². The molecule has 0 fully saturated rings. The number of aromatic nitrogens is 1. The number of rotatable bonds is 6. The van der Waals surface area contributed by atoms with Crippen molar-refractivity contribution in [3.63, 3.8) is 0 Å². The fourth-order valence-electron chi connectivity index (χ4n) is 2.86. The van der Waals surface area contributed by atoms with Crippen LogP contribution in [-0.2, 0) is 0 Å². The molecule has 4 rings (SSSR count). The third-order valence-electron chi connectivity index (χ3n) is 4.37. The van der Waals surface area contributed by atoms with Crippen molar-refractivity contribution in [1.29, 1.82) is 0 Å². The van der Waals surface area contributed by atoms with Crippen LogP contribution >= 0.6 is 11.3 Å². The number of thiazole rings is 1. The van der Waals surface area contributed by atoms with E-state index in [1.54, 1.807) is 50.6 Å². The van der Waals surface area contributed by atoms with E-state index >= 15 is 0 Å². The van der Waals surface area contributed by atoms with Gasteiger partial charge in [0.15, 0.2) is 10.9 Å². The molecule has 0 spiro atoms. The largest absolute Gasteiger partial charge is 0.497 e. The number of benzene rings is 2. The summed E-state index contributed by atoms with van der Waals surface area (Å²) >= 11 is 1.28. The maximum Gasteiger partial charge on any atom is 0.293 e. The number of anilines is 1. The van der Waals surface area contributed by atoms with Gasteiger partial charge in [-0.05, 0) is 54.6 Å². The van der Waals surface area contributed by atoms with Crippen molar-refractivity contribution in [3.8, 4) is 34.1 Å². The molecule has 0 aliphatic rings. The number of methoxy groups -OCH3 is 2. The third-order valence-corrected chi connectivity index (χ3v) is 5.12. The molecule has 0 saturated carbocycles. The van der Waals surface area contributed by atoms with Crippen LogP contribution in [0.2, 0.25) is 0 Å². The molecule has 2 heterocycles. The highest BCUT2D eigenvalue weighted by Gasteiger charge is 2.16. The van der Waals surface area contributed by atoms with E-state index in [1.807, 2.05) is 11.4 Å². The molecule has 4 aromatic rings. The third kappa shape index (κ3) is 4.04. The predicted molar refractivity (Wildman–Crippen MR) is 113 cm³/mol. The zero-order valence-corrected chi connectivity index (χ0v) is 17.0. The van der Waals surface area contributed by atoms with Crippen molar-refractivity contribution >= 4 is 22.4 Å². The average molecular weight is 424 g/mol. The van der Waals surface area contributed by atoms with Crippen LogP contribution in [0.15, 0.2) is 64.4 Å². The minimum atomic E-state index is -0.429. The lowest BCUT2D eigenvalue weighted by Crippen LogP contribution is -2.10. The fourth-order valence-corrected chi connectivity index (χ4v) is 3.56. The SMILES string of the molecule is COc1ccc(OC)c(-c2csc(NC(=O)c3ccc(-c4ccc(F)cc4)o3)n2)c1. The first-order valence-electron chi connectivity index (χ1n) is 8.92. The van der Waals surface area contributed by atoms with E-state index in [0.717, 1.165) is 5.56 Å². The van der Waals surface area contributed by atoms with Gasteiger partial charge in [0.25, 0.3) is 5.91 Å². The molecule has 1 amide bonds. The summed E-state index contributed by atoms with van der Waals surface area (Å²) in [6, 6.07) is 14.5. The highest BCUT2D eigenvalue weighted by atomic mass is 32.1. The Morgan fingerprint density at radius 3 is 2.60 bits per heavy atom. The smallest absolute Gasteiger partial charge is 0.293 e. The van der Waals surface area contributed by atoms with Crippen molar-refractivity contribution in [2.75, 3.05) is 19.5 Å². The van der Waals surface area contributed by atoms with E-state index in [2.05, 4.69) is 10.3 Å². The first kappa shape index (κ1) is 19.7. The van der Waals surface area contributed by atoms with Gasteiger partial charge in [-0.2, -0.15) is 0 Å². The highest BCUT2D eigenvalue weighted by Crippen LogP contribution is 2.35. The molecule has 0 aliphatic carbocycles. The number of furan rings is 1. The normalized spacial score (nSPS) is 10.6. The maximum absolute atomic E-state index is 13.1.